The fraction of sp³-hybridized carbons (Fsp3) is 0.250. The van der Waals surface area contributed by atoms with Crippen LogP contribution in [0.25, 0.3) is 0 Å². The molecule has 1 atom stereocenters. The fourth-order valence-electron chi connectivity index (χ4n) is 3.23. The first-order chi connectivity index (χ1) is 9.72. The maximum absolute atomic E-state index is 3.71. The topological polar surface area (TPSA) is 15.3 Å². The van der Waals surface area contributed by atoms with Crippen LogP contribution in [0.3, 0.4) is 0 Å². The molecule has 0 spiro atoms. The van der Waals surface area contributed by atoms with Crippen molar-refractivity contribution in [3.8, 4) is 0 Å². The molecule has 20 heavy (non-hydrogen) atoms. The van der Waals surface area contributed by atoms with Crippen LogP contribution in [0, 0.1) is 0 Å². The number of fused-ring (bicyclic) bond motifs is 4. The van der Waals surface area contributed by atoms with Gasteiger partial charge in [0.15, 0.2) is 0 Å². The molecule has 0 radical (unpaired) electrons. The zero-order valence-corrected chi connectivity index (χ0v) is 14.0. The molecule has 0 aliphatic carbocycles. The third-order valence-electron chi connectivity index (χ3n) is 4.17. The van der Waals surface area contributed by atoms with Gasteiger partial charge in [-0.3, -0.25) is 4.90 Å². The van der Waals surface area contributed by atoms with Crippen molar-refractivity contribution in [3.05, 3.63) is 62.0 Å². The molecule has 2 aliphatic heterocycles. The van der Waals surface area contributed by atoms with Gasteiger partial charge in [0, 0.05) is 22.0 Å². The van der Waals surface area contributed by atoms with Crippen molar-refractivity contribution in [3.63, 3.8) is 0 Å². The van der Waals surface area contributed by atoms with Crippen molar-refractivity contribution in [1.29, 1.82) is 0 Å². The van der Waals surface area contributed by atoms with Crippen LogP contribution in [0.4, 0.5) is 5.69 Å². The van der Waals surface area contributed by atoms with Crippen molar-refractivity contribution in [1.82, 2.24) is 4.90 Å². The molecule has 4 heteroatoms. The summed E-state index contributed by atoms with van der Waals surface area (Å²) in [5.41, 5.74) is 5.46. The van der Waals surface area contributed by atoms with E-state index >= 15 is 0 Å². The molecule has 0 amide bonds. The standard InChI is InChI=1S/C16H14Br2N2/c17-12-7-11-9-20-6-5-10-3-1-2-4-13(10)16(20)19-15(11)14(18)8-12/h1-4,7-8,16,19H,5-6,9H2. The van der Waals surface area contributed by atoms with Gasteiger partial charge >= 0.3 is 0 Å². The lowest BCUT2D eigenvalue weighted by Gasteiger charge is -2.42. The van der Waals surface area contributed by atoms with E-state index in [1.54, 1.807) is 0 Å². The minimum Gasteiger partial charge on any atom is -0.365 e. The number of nitrogens with zero attached hydrogens (tertiary/aromatic N) is 1. The van der Waals surface area contributed by atoms with E-state index in [0.29, 0.717) is 6.17 Å². The molecule has 4 rings (SSSR count). The van der Waals surface area contributed by atoms with Gasteiger partial charge in [0.25, 0.3) is 0 Å². The Balaban J connectivity index is 1.80. The summed E-state index contributed by atoms with van der Waals surface area (Å²) in [4.78, 5) is 2.52. The summed E-state index contributed by atoms with van der Waals surface area (Å²) in [6.45, 7) is 2.11. The van der Waals surface area contributed by atoms with Crippen LogP contribution in [0.5, 0.6) is 0 Å². The molecular formula is C16H14Br2N2. The number of anilines is 1. The summed E-state index contributed by atoms with van der Waals surface area (Å²) in [6.07, 6.45) is 1.43. The predicted molar refractivity (Wildman–Crippen MR) is 88.8 cm³/mol. The Morgan fingerprint density at radius 3 is 2.85 bits per heavy atom. The summed E-state index contributed by atoms with van der Waals surface area (Å²) in [5.74, 6) is 0. The average molecular weight is 394 g/mol. The third-order valence-corrected chi connectivity index (χ3v) is 5.26. The van der Waals surface area contributed by atoms with E-state index in [1.807, 2.05) is 0 Å². The zero-order valence-electron chi connectivity index (χ0n) is 10.9. The molecule has 0 aromatic heterocycles. The molecule has 0 saturated heterocycles. The van der Waals surface area contributed by atoms with Gasteiger partial charge in [0.05, 0.1) is 5.69 Å². The highest BCUT2D eigenvalue weighted by atomic mass is 79.9. The second kappa shape index (κ2) is 4.86. The molecule has 0 saturated carbocycles. The molecule has 1 unspecified atom stereocenters. The first-order valence-corrected chi connectivity index (χ1v) is 8.37. The monoisotopic (exact) mass is 392 g/mol. The molecule has 2 aromatic carbocycles. The quantitative estimate of drug-likeness (QED) is 0.698. The van der Waals surface area contributed by atoms with Crippen molar-refractivity contribution in [2.45, 2.75) is 19.1 Å². The van der Waals surface area contributed by atoms with Gasteiger partial charge < -0.3 is 5.32 Å². The van der Waals surface area contributed by atoms with Gasteiger partial charge in [-0.2, -0.15) is 0 Å². The third kappa shape index (κ3) is 2.01. The van der Waals surface area contributed by atoms with Crippen LogP contribution in [0.15, 0.2) is 45.3 Å². The predicted octanol–water partition coefficient (Wildman–Crippen LogP) is 4.69. The van der Waals surface area contributed by atoms with Gasteiger partial charge in [-0.05, 0) is 51.2 Å². The second-order valence-electron chi connectivity index (χ2n) is 5.39. The maximum atomic E-state index is 3.71. The molecule has 2 heterocycles. The molecule has 2 aliphatic rings. The molecule has 0 fully saturated rings. The minimum absolute atomic E-state index is 0.296. The van der Waals surface area contributed by atoms with Gasteiger partial charge in [0.2, 0.25) is 0 Å². The molecular weight excluding hydrogens is 380 g/mol. The zero-order chi connectivity index (χ0) is 13.7. The molecule has 102 valence electrons. The first-order valence-electron chi connectivity index (χ1n) is 6.79. The van der Waals surface area contributed by atoms with Crippen molar-refractivity contribution >= 4 is 37.5 Å². The van der Waals surface area contributed by atoms with Gasteiger partial charge in [-0.15, -0.1) is 0 Å². The lowest BCUT2D eigenvalue weighted by atomic mass is 9.94. The van der Waals surface area contributed by atoms with E-state index in [4.69, 9.17) is 0 Å². The Labute approximate surface area is 135 Å². The minimum atomic E-state index is 0.296. The summed E-state index contributed by atoms with van der Waals surface area (Å²) in [5, 5.41) is 3.71. The highest BCUT2D eigenvalue weighted by Crippen LogP contribution is 2.41. The average Bonchev–Trinajstić information content (AvgIpc) is 2.45. The Morgan fingerprint density at radius 2 is 1.95 bits per heavy atom. The van der Waals surface area contributed by atoms with Crippen LogP contribution in [0.1, 0.15) is 22.9 Å². The van der Waals surface area contributed by atoms with Crippen molar-refractivity contribution in [2.75, 3.05) is 11.9 Å². The Hall–Kier alpha value is -0.840. The van der Waals surface area contributed by atoms with E-state index in [2.05, 4.69) is 78.5 Å². The lowest BCUT2D eigenvalue weighted by molar-refractivity contribution is 0.187. The number of benzene rings is 2. The number of hydrogen-bond donors (Lipinski definition) is 1. The largest absolute Gasteiger partial charge is 0.365 e. The van der Waals surface area contributed by atoms with E-state index in [-0.39, 0.29) is 0 Å². The fourth-order valence-corrected chi connectivity index (χ4v) is 4.65. The molecule has 2 aromatic rings. The van der Waals surface area contributed by atoms with Crippen LogP contribution in [-0.2, 0) is 13.0 Å². The number of nitrogens with one attached hydrogen (secondary N) is 1. The van der Waals surface area contributed by atoms with E-state index < -0.39 is 0 Å². The van der Waals surface area contributed by atoms with Crippen LogP contribution < -0.4 is 5.32 Å². The summed E-state index contributed by atoms with van der Waals surface area (Å²) >= 11 is 7.26. The summed E-state index contributed by atoms with van der Waals surface area (Å²) in [7, 11) is 0. The van der Waals surface area contributed by atoms with Crippen LogP contribution >= 0.6 is 31.9 Å². The van der Waals surface area contributed by atoms with Crippen molar-refractivity contribution in [2.24, 2.45) is 0 Å². The number of halogens is 2. The molecule has 1 N–H and O–H groups in total. The van der Waals surface area contributed by atoms with E-state index in [9.17, 15) is 0 Å². The Bertz CT molecular complexity index is 684. The van der Waals surface area contributed by atoms with Gasteiger partial charge in [-0.1, -0.05) is 40.2 Å². The summed E-state index contributed by atoms with van der Waals surface area (Å²) < 4.78 is 2.25. The number of hydrogen-bond acceptors (Lipinski definition) is 2. The normalized spacial score (nSPS) is 20.6. The van der Waals surface area contributed by atoms with E-state index in [1.165, 1.54) is 22.4 Å². The van der Waals surface area contributed by atoms with Crippen molar-refractivity contribution < 1.29 is 0 Å². The Morgan fingerprint density at radius 1 is 1.10 bits per heavy atom. The molecule has 2 nitrogen and oxygen atoms in total. The lowest BCUT2D eigenvalue weighted by Crippen LogP contribution is -2.42. The second-order valence-corrected chi connectivity index (χ2v) is 7.16. The highest BCUT2D eigenvalue weighted by molar-refractivity contribution is 9.11. The smallest absolute Gasteiger partial charge is 0.106 e. The maximum Gasteiger partial charge on any atom is 0.106 e. The first kappa shape index (κ1) is 12.9. The van der Waals surface area contributed by atoms with Crippen LogP contribution in [-0.4, -0.2) is 11.4 Å². The SMILES string of the molecule is Brc1cc(Br)c2c(c1)CN1CCc3ccccc3C1N2. The van der Waals surface area contributed by atoms with Crippen LogP contribution in [0.2, 0.25) is 0 Å². The molecule has 0 bridgehead atoms. The van der Waals surface area contributed by atoms with Gasteiger partial charge in [-0.25, -0.2) is 0 Å². The van der Waals surface area contributed by atoms with Gasteiger partial charge in [0.1, 0.15) is 6.17 Å². The highest BCUT2D eigenvalue weighted by Gasteiger charge is 2.32. The Kier molecular flexibility index (Phi) is 3.13. The summed E-state index contributed by atoms with van der Waals surface area (Å²) in [6, 6.07) is 13.1. The number of rotatable bonds is 0. The van der Waals surface area contributed by atoms with E-state index in [0.717, 1.165) is 28.5 Å².